The first-order valence-corrected chi connectivity index (χ1v) is 7.48. The predicted octanol–water partition coefficient (Wildman–Crippen LogP) is 2.42. The van der Waals surface area contributed by atoms with Crippen molar-refractivity contribution in [2.75, 3.05) is 25.1 Å². The van der Waals surface area contributed by atoms with Gasteiger partial charge in [0.2, 0.25) is 0 Å². The van der Waals surface area contributed by atoms with E-state index in [0.29, 0.717) is 37.2 Å². The molecular formula is C17H17N3O3. The molecule has 118 valence electrons. The van der Waals surface area contributed by atoms with Crippen LogP contribution in [0.15, 0.2) is 24.4 Å². The Morgan fingerprint density at radius 2 is 2.17 bits per heavy atom. The third-order valence-electron chi connectivity index (χ3n) is 4.33. The van der Waals surface area contributed by atoms with E-state index in [1.807, 2.05) is 18.2 Å². The van der Waals surface area contributed by atoms with Crippen LogP contribution >= 0.6 is 0 Å². The summed E-state index contributed by atoms with van der Waals surface area (Å²) in [6, 6.07) is 7.77. The van der Waals surface area contributed by atoms with Gasteiger partial charge in [0.05, 0.1) is 29.8 Å². The summed E-state index contributed by atoms with van der Waals surface area (Å²) in [6.45, 7) is 1.23. The number of pyridine rings is 1. The van der Waals surface area contributed by atoms with Crippen molar-refractivity contribution in [2.45, 2.75) is 12.8 Å². The number of methoxy groups -OCH3 is 1. The zero-order valence-corrected chi connectivity index (χ0v) is 12.8. The summed E-state index contributed by atoms with van der Waals surface area (Å²) in [5.41, 5.74) is 2.11. The van der Waals surface area contributed by atoms with Crippen LogP contribution in [0.5, 0.6) is 5.75 Å². The minimum atomic E-state index is -0.744. The number of benzene rings is 1. The third kappa shape index (κ3) is 2.78. The number of aromatic nitrogens is 1. The molecule has 0 amide bonds. The highest BCUT2D eigenvalue weighted by Gasteiger charge is 2.27. The average molecular weight is 311 g/mol. The fourth-order valence-corrected chi connectivity index (χ4v) is 3.06. The zero-order chi connectivity index (χ0) is 16.4. The second-order valence-electron chi connectivity index (χ2n) is 5.61. The highest BCUT2D eigenvalue weighted by atomic mass is 16.5. The van der Waals surface area contributed by atoms with E-state index in [1.54, 1.807) is 13.3 Å². The Labute approximate surface area is 133 Å². The van der Waals surface area contributed by atoms with Crippen LogP contribution in [0.2, 0.25) is 0 Å². The Hall–Kier alpha value is -2.81. The molecule has 6 heteroatoms. The first-order chi connectivity index (χ1) is 11.1. The zero-order valence-electron chi connectivity index (χ0n) is 12.8. The second kappa shape index (κ2) is 6.13. The van der Waals surface area contributed by atoms with Gasteiger partial charge in [-0.15, -0.1) is 0 Å². The standard InChI is InChI=1S/C17H17N3O3/c1-23-13-2-3-15-14(8-13)16(12(9-18)10-19-15)20-6-4-11(5-7-20)17(21)22/h2-3,8,10-11H,4-7H2,1H3,(H,21,22). The topological polar surface area (TPSA) is 86.5 Å². The number of carbonyl (C=O) groups is 1. The van der Waals surface area contributed by atoms with Gasteiger partial charge in [-0.05, 0) is 31.0 Å². The Kier molecular flexibility index (Phi) is 4.02. The number of hydrogen-bond acceptors (Lipinski definition) is 5. The number of nitriles is 1. The molecule has 1 saturated heterocycles. The van der Waals surface area contributed by atoms with Crippen LogP contribution in [0.25, 0.3) is 10.9 Å². The van der Waals surface area contributed by atoms with Gasteiger partial charge in [0, 0.05) is 24.7 Å². The molecule has 1 aromatic carbocycles. The number of aliphatic carboxylic acids is 1. The van der Waals surface area contributed by atoms with Crippen molar-refractivity contribution in [3.05, 3.63) is 30.0 Å². The largest absolute Gasteiger partial charge is 0.497 e. The van der Waals surface area contributed by atoms with Crippen molar-refractivity contribution in [3.8, 4) is 11.8 Å². The van der Waals surface area contributed by atoms with Crippen LogP contribution in [0.4, 0.5) is 5.69 Å². The quantitative estimate of drug-likeness (QED) is 0.936. The van der Waals surface area contributed by atoms with Gasteiger partial charge in [-0.3, -0.25) is 9.78 Å². The van der Waals surface area contributed by atoms with Crippen molar-refractivity contribution in [1.29, 1.82) is 5.26 Å². The van der Waals surface area contributed by atoms with Crippen LogP contribution in [0.1, 0.15) is 18.4 Å². The molecule has 0 radical (unpaired) electrons. The van der Waals surface area contributed by atoms with E-state index in [9.17, 15) is 10.1 Å². The molecule has 0 atom stereocenters. The SMILES string of the molecule is COc1ccc2ncc(C#N)c(N3CCC(C(=O)O)CC3)c2c1. The van der Waals surface area contributed by atoms with Crippen molar-refractivity contribution >= 4 is 22.6 Å². The minimum Gasteiger partial charge on any atom is -0.497 e. The summed E-state index contributed by atoms with van der Waals surface area (Å²) in [6.07, 6.45) is 2.73. The Morgan fingerprint density at radius 1 is 1.43 bits per heavy atom. The van der Waals surface area contributed by atoms with Gasteiger partial charge < -0.3 is 14.7 Å². The Bertz CT molecular complexity index is 790. The van der Waals surface area contributed by atoms with Gasteiger partial charge in [0.1, 0.15) is 11.8 Å². The molecule has 1 aliphatic rings. The Balaban J connectivity index is 2.05. The van der Waals surface area contributed by atoms with E-state index in [0.717, 1.165) is 16.6 Å². The number of hydrogen-bond donors (Lipinski definition) is 1. The van der Waals surface area contributed by atoms with E-state index < -0.39 is 5.97 Å². The molecule has 2 aromatic rings. The first-order valence-electron chi connectivity index (χ1n) is 7.48. The number of ether oxygens (including phenoxy) is 1. The lowest BCUT2D eigenvalue weighted by atomic mass is 9.95. The first kappa shape index (κ1) is 15.1. The van der Waals surface area contributed by atoms with Crippen molar-refractivity contribution in [3.63, 3.8) is 0 Å². The van der Waals surface area contributed by atoms with E-state index in [4.69, 9.17) is 9.84 Å². The van der Waals surface area contributed by atoms with Gasteiger partial charge >= 0.3 is 5.97 Å². The molecule has 0 unspecified atom stereocenters. The molecule has 1 aliphatic heterocycles. The van der Waals surface area contributed by atoms with Crippen LogP contribution in [-0.4, -0.2) is 36.3 Å². The van der Waals surface area contributed by atoms with Crippen molar-refractivity contribution < 1.29 is 14.6 Å². The summed E-state index contributed by atoms with van der Waals surface area (Å²) in [4.78, 5) is 17.5. The molecule has 23 heavy (non-hydrogen) atoms. The molecule has 1 N–H and O–H groups in total. The second-order valence-corrected chi connectivity index (χ2v) is 5.61. The fraction of sp³-hybridized carbons (Fsp3) is 0.353. The third-order valence-corrected chi connectivity index (χ3v) is 4.33. The number of carboxylic acid groups (broad SMARTS) is 1. The van der Waals surface area contributed by atoms with E-state index in [1.165, 1.54) is 0 Å². The van der Waals surface area contributed by atoms with Crippen LogP contribution in [-0.2, 0) is 4.79 Å². The molecule has 1 aromatic heterocycles. The molecule has 0 bridgehead atoms. The van der Waals surface area contributed by atoms with Gasteiger partial charge in [0.15, 0.2) is 0 Å². The fourth-order valence-electron chi connectivity index (χ4n) is 3.06. The van der Waals surface area contributed by atoms with E-state index >= 15 is 0 Å². The monoisotopic (exact) mass is 311 g/mol. The van der Waals surface area contributed by atoms with Crippen molar-refractivity contribution in [2.24, 2.45) is 5.92 Å². The van der Waals surface area contributed by atoms with E-state index in [2.05, 4.69) is 16.0 Å². The lowest BCUT2D eigenvalue weighted by Crippen LogP contribution is -2.36. The van der Waals surface area contributed by atoms with Gasteiger partial charge in [0.25, 0.3) is 0 Å². The molecule has 1 fully saturated rings. The number of nitrogens with zero attached hydrogens (tertiary/aromatic N) is 3. The predicted molar refractivity (Wildman–Crippen MR) is 85.6 cm³/mol. The normalized spacial score (nSPS) is 15.4. The molecule has 0 saturated carbocycles. The van der Waals surface area contributed by atoms with Crippen LogP contribution in [0.3, 0.4) is 0 Å². The Morgan fingerprint density at radius 3 is 2.78 bits per heavy atom. The molecule has 0 spiro atoms. The summed E-state index contributed by atoms with van der Waals surface area (Å²) >= 11 is 0. The maximum atomic E-state index is 11.1. The lowest BCUT2D eigenvalue weighted by Gasteiger charge is -2.33. The maximum Gasteiger partial charge on any atom is 0.306 e. The number of carboxylic acids is 1. The van der Waals surface area contributed by atoms with Gasteiger partial charge in [-0.2, -0.15) is 5.26 Å². The average Bonchev–Trinajstić information content (AvgIpc) is 2.60. The highest BCUT2D eigenvalue weighted by molar-refractivity contribution is 5.95. The van der Waals surface area contributed by atoms with Crippen molar-refractivity contribution in [1.82, 2.24) is 4.98 Å². The number of fused-ring (bicyclic) bond motifs is 1. The van der Waals surface area contributed by atoms with Gasteiger partial charge in [-0.25, -0.2) is 0 Å². The minimum absolute atomic E-state index is 0.306. The number of rotatable bonds is 3. The summed E-state index contributed by atoms with van der Waals surface area (Å²) in [5.74, 6) is -0.345. The number of piperidine rings is 1. The molecular weight excluding hydrogens is 294 g/mol. The molecule has 3 rings (SSSR count). The maximum absolute atomic E-state index is 11.1. The van der Waals surface area contributed by atoms with Crippen LogP contribution in [0, 0.1) is 17.2 Å². The summed E-state index contributed by atoms with van der Waals surface area (Å²) < 4.78 is 5.28. The molecule has 6 nitrogen and oxygen atoms in total. The summed E-state index contributed by atoms with van der Waals surface area (Å²) in [7, 11) is 1.60. The summed E-state index contributed by atoms with van der Waals surface area (Å²) in [5, 5.41) is 19.4. The van der Waals surface area contributed by atoms with Crippen LogP contribution < -0.4 is 9.64 Å². The molecule has 2 heterocycles. The number of anilines is 1. The van der Waals surface area contributed by atoms with E-state index in [-0.39, 0.29) is 5.92 Å². The molecule has 0 aliphatic carbocycles. The lowest BCUT2D eigenvalue weighted by molar-refractivity contribution is -0.142. The highest BCUT2D eigenvalue weighted by Crippen LogP contribution is 2.34. The smallest absolute Gasteiger partial charge is 0.306 e. The van der Waals surface area contributed by atoms with Gasteiger partial charge in [-0.1, -0.05) is 0 Å².